The van der Waals surface area contributed by atoms with Gasteiger partial charge in [0.1, 0.15) is 0 Å². The summed E-state index contributed by atoms with van der Waals surface area (Å²) in [5.74, 6) is -0.112. The van der Waals surface area contributed by atoms with Crippen LogP contribution in [0.25, 0.3) is 0 Å². The van der Waals surface area contributed by atoms with E-state index < -0.39 is 22.5 Å². The molecule has 2 aromatic rings. The third-order valence-corrected chi connectivity index (χ3v) is 7.60. The van der Waals surface area contributed by atoms with Gasteiger partial charge in [-0.05, 0) is 42.0 Å². The summed E-state index contributed by atoms with van der Waals surface area (Å²) >= 11 is 0. The molecule has 130 valence electrons. The lowest BCUT2D eigenvalue weighted by atomic mass is 9.76. The number of carbonyl (C=O) groups excluding carboxylic acids is 2. The Labute approximate surface area is 152 Å². The van der Waals surface area contributed by atoms with Crippen LogP contribution in [-0.4, -0.2) is 23.3 Å². The summed E-state index contributed by atoms with van der Waals surface area (Å²) in [6.45, 7) is 3.79. The molecule has 2 unspecified atom stereocenters. The van der Waals surface area contributed by atoms with Crippen LogP contribution in [0.15, 0.2) is 48.5 Å². The van der Waals surface area contributed by atoms with Gasteiger partial charge in [0.15, 0.2) is 23.3 Å². The Balaban J connectivity index is 1.71. The zero-order valence-corrected chi connectivity index (χ0v) is 14.9. The molecule has 1 saturated heterocycles. The second-order valence-corrected chi connectivity index (χ2v) is 8.59. The van der Waals surface area contributed by atoms with Crippen molar-refractivity contribution in [3.63, 3.8) is 0 Å². The first kappa shape index (κ1) is 14.9. The molecule has 1 spiro atoms. The Bertz CT molecular complexity index is 972. The van der Waals surface area contributed by atoms with Gasteiger partial charge in [-0.2, -0.15) is 0 Å². The van der Waals surface area contributed by atoms with Crippen LogP contribution in [0.1, 0.15) is 36.1 Å². The lowest BCUT2D eigenvalue weighted by Crippen LogP contribution is -2.39. The highest BCUT2D eigenvalue weighted by molar-refractivity contribution is 6.17. The van der Waals surface area contributed by atoms with Crippen LogP contribution >= 0.6 is 0 Å². The molecule has 0 amide bonds. The van der Waals surface area contributed by atoms with Crippen molar-refractivity contribution in [1.29, 1.82) is 0 Å². The number of carbonyl (C=O) groups is 2. The maximum absolute atomic E-state index is 13.4. The van der Waals surface area contributed by atoms with Crippen molar-refractivity contribution in [3.05, 3.63) is 70.8 Å². The largest absolute Gasteiger partial charge is 0.350 e. The average molecular weight is 344 g/mol. The summed E-state index contributed by atoms with van der Waals surface area (Å²) in [5, 5.41) is 0. The Kier molecular flexibility index (Phi) is 2.39. The zero-order chi connectivity index (χ0) is 17.9. The van der Waals surface area contributed by atoms with Crippen molar-refractivity contribution in [2.75, 3.05) is 0 Å². The zero-order valence-electron chi connectivity index (χ0n) is 14.9. The van der Waals surface area contributed by atoms with Gasteiger partial charge in [0.25, 0.3) is 0 Å². The van der Waals surface area contributed by atoms with Crippen LogP contribution in [0, 0.1) is 11.3 Å². The molecule has 2 aromatic carbocycles. The molecule has 0 aromatic heterocycles. The van der Waals surface area contributed by atoms with E-state index in [4.69, 9.17) is 4.74 Å². The van der Waals surface area contributed by atoms with Gasteiger partial charge in [-0.3, -0.25) is 9.59 Å². The van der Waals surface area contributed by atoms with E-state index >= 15 is 0 Å². The van der Waals surface area contributed by atoms with Crippen LogP contribution < -0.4 is 0 Å². The van der Waals surface area contributed by atoms with Crippen molar-refractivity contribution in [2.45, 2.75) is 43.8 Å². The van der Waals surface area contributed by atoms with E-state index in [-0.39, 0.29) is 17.5 Å². The van der Waals surface area contributed by atoms with Gasteiger partial charge in [-0.25, -0.2) is 0 Å². The van der Waals surface area contributed by atoms with Crippen LogP contribution in [0.5, 0.6) is 0 Å². The molecule has 4 aliphatic rings. The van der Waals surface area contributed by atoms with E-state index in [1.165, 1.54) is 22.3 Å². The van der Waals surface area contributed by atoms with Crippen molar-refractivity contribution in [2.24, 2.45) is 11.3 Å². The molecule has 3 heteroatoms. The Morgan fingerprint density at radius 2 is 1.38 bits per heavy atom. The summed E-state index contributed by atoms with van der Waals surface area (Å²) in [5.41, 5.74) is 2.72. The van der Waals surface area contributed by atoms with Crippen LogP contribution in [0.3, 0.4) is 0 Å². The van der Waals surface area contributed by atoms with Gasteiger partial charge in [0, 0.05) is 11.3 Å². The first-order chi connectivity index (χ1) is 12.5. The predicted molar refractivity (Wildman–Crippen MR) is 96.0 cm³/mol. The number of benzene rings is 2. The van der Waals surface area contributed by atoms with Crippen LogP contribution in [0.2, 0.25) is 0 Å². The molecule has 0 radical (unpaired) electrons. The van der Waals surface area contributed by atoms with E-state index in [2.05, 4.69) is 36.4 Å². The summed E-state index contributed by atoms with van der Waals surface area (Å²) in [4.78, 5) is 26.8. The molecule has 0 bridgehead atoms. The number of fused-ring (bicyclic) bond motifs is 8. The second kappa shape index (κ2) is 4.17. The fourth-order valence-corrected chi connectivity index (χ4v) is 6.21. The number of Topliss-reactive ketones (excluding diaryl/α,β-unsaturated/α-hetero) is 2. The molecule has 4 atom stereocenters. The highest BCUT2D eigenvalue weighted by Crippen LogP contribution is 2.79. The SMILES string of the molecule is C[C@@]12OC1C(=O)[C@]1(C)C(C2=O)C12c1ccccc1CCc1ccccc12. The fraction of sp³-hybridized carbons (Fsp3) is 0.391. The normalized spacial score (nSPS) is 37.9. The lowest BCUT2D eigenvalue weighted by molar-refractivity contribution is -0.132. The molecule has 6 rings (SSSR count). The third kappa shape index (κ3) is 1.30. The lowest BCUT2D eigenvalue weighted by Gasteiger charge is -2.25. The first-order valence-electron chi connectivity index (χ1n) is 9.40. The van der Waals surface area contributed by atoms with Crippen molar-refractivity contribution < 1.29 is 14.3 Å². The molecule has 2 saturated carbocycles. The Hall–Kier alpha value is -2.26. The topological polar surface area (TPSA) is 46.7 Å². The maximum Gasteiger partial charge on any atom is 0.172 e. The summed E-state index contributed by atoms with van der Waals surface area (Å²) in [7, 11) is 0. The molecule has 1 aliphatic heterocycles. The number of ether oxygens (including phenoxy) is 1. The number of rotatable bonds is 0. The average Bonchev–Trinajstić information content (AvgIpc) is 3.52. The number of hydrogen-bond donors (Lipinski definition) is 0. The van der Waals surface area contributed by atoms with Crippen molar-refractivity contribution in [3.8, 4) is 0 Å². The quantitative estimate of drug-likeness (QED) is 0.690. The number of epoxide rings is 1. The summed E-state index contributed by atoms with van der Waals surface area (Å²) in [6.07, 6.45) is 1.33. The van der Waals surface area contributed by atoms with Gasteiger partial charge in [0.2, 0.25) is 0 Å². The van der Waals surface area contributed by atoms with Gasteiger partial charge in [0.05, 0.1) is 5.41 Å². The number of hydrogen-bond acceptors (Lipinski definition) is 3. The summed E-state index contributed by atoms with van der Waals surface area (Å²) in [6, 6.07) is 16.8. The minimum atomic E-state index is -0.902. The summed E-state index contributed by atoms with van der Waals surface area (Å²) < 4.78 is 5.60. The molecule has 0 N–H and O–H groups in total. The van der Waals surface area contributed by atoms with Gasteiger partial charge >= 0.3 is 0 Å². The molecule has 3 aliphatic carbocycles. The van der Waals surface area contributed by atoms with Crippen LogP contribution in [-0.2, 0) is 32.6 Å². The van der Waals surface area contributed by atoms with E-state index in [1.54, 1.807) is 6.92 Å². The molecular formula is C23H20O3. The Morgan fingerprint density at radius 3 is 1.96 bits per heavy atom. The fourth-order valence-electron chi connectivity index (χ4n) is 6.21. The van der Waals surface area contributed by atoms with E-state index in [1.807, 2.05) is 19.1 Å². The highest BCUT2D eigenvalue weighted by atomic mass is 16.6. The van der Waals surface area contributed by atoms with E-state index in [0.29, 0.717) is 0 Å². The second-order valence-electron chi connectivity index (χ2n) is 8.59. The number of ketones is 2. The van der Waals surface area contributed by atoms with E-state index in [0.717, 1.165) is 12.8 Å². The molecule has 3 nitrogen and oxygen atoms in total. The van der Waals surface area contributed by atoms with Crippen molar-refractivity contribution in [1.82, 2.24) is 0 Å². The third-order valence-electron chi connectivity index (χ3n) is 7.60. The minimum Gasteiger partial charge on any atom is -0.350 e. The van der Waals surface area contributed by atoms with Gasteiger partial charge in [-0.15, -0.1) is 0 Å². The van der Waals surface area contributed by atoms with Crippen LogP contribution in [0.4, 0.5) is 0 Å². The van der Waals surface area contributed by atoms with Gasteiger partial charge in [-0.1, -0.05) is 55.5 Å². The van der Waals surface area contributed by atoms with E-state index in [9.17, 15) is 9.59 Å². The molecular weight excluding hydrogens is 324 g/mol. The van der Waals surface area contributed by atoms with Gasteiger partial charge < -0.3 is 4.74 Å². The molecule has 26 heavy (non-hydrogen) atoms. The highest BCUT2D eigenvalue weighted by Gasteiger charge is 2.90. The molecule has 1 heterocycles. The first-order valence-corrected chi connectivity index (χ1v) is 9.40. The monoisotopic (exact) mass is 344 g/mol. The number of aryl methyl sites for hydroxylation is 2. The van der Waals surface area contributed by atoms with Crippen molar-refractivity contribution >= 4 is 11.6 Å². The molecule has 3 fully saturated rings. The predicted octanol–water partition coefficient (Wildman–Crippen LogP) is 3.02. The standard InChI is InChI=1S/C23H20O3/c1-21-17(18(24)22(2)20(26-22)19(21)25)23(21)15-9-5-3-7-13(15)11-12-14-8-4-6-10-16(14)23/h3-10,17,20H,11-12H2,1-2H3/t17?,20?,21-,22-/m0/s1. The Morgan fingerprint density at radius 1 is 0.846 bits per heavy atom. The smallest absolute Gasteiger partial charge is 0.172 e. The minimum absolute atomic E-state index is 0.108. The maximum atomic E-state index is 13.4.